The first-order valence-corrected chi connectivity index (χ1v) is 8.73. The first-order valence-electron chi connectivity index (χ1n) is 8.73. The van der Waals surface area contributed by atoms with Gasteiger partial charge in [0.2, 0.25) is 0 Å². The first-order chi connectivity index (χ1) is 11.7. The van der Waals surface area contributed by atoms with E-state index >= 15 is 0 Å². The van der Waals surface area contributed by atoms with Crippen LogP contribution < -0.4 is 5.32 Å². The number of aryl methyl sites for hydroxylation is 2. The van der Waals surface area contributed by atoms with Crippen LogP contribution in [0.2, 0.25) is 0 Å². The molecule has 1 heterocycles. The average Bonchev–Trinajstić information content (AvgIpc) is 2.65. The van der Waals surface area contributed by atoms with E-state index in [0.717, 1.165) is 24.2 Å². The van der Waals surface area contributed by atoms with Crippen LogP contribution in [0, 0.1) is 0 Å². The predicted molar refractivity (Wildman–Crippen MR) is 96.2 cm³/mol. The lowest BCUT2D eigenvalue weighted by atomic mass is 9.82. The van der Waals surface area contributed by atoms with Gasteiger partial charge in [0.1, 0.15) is 0 Å². The highest BCUT2D eigenvalue weighted by Crippen LogP contribution is 2.33. The van der Waals surface area contributed by atoms with Crippen LogP contribution in [0.3, 0.4) is 0 Å². The van der Waals surface area contributed by atoms with Gasteiger partial charge < -0.3 is 15.2 Å². The maximum atomic E-state index is 9.97. The number of aliphatic hydroxyl groups is 1. The maximum Gasteiger partial charge on any atom is 0.182 e. The Bertz CT molecular complexity index is 687. The summed E-state index contributed by atoms with van der Waals surface area (Å²) >= 11 is 0. The minimum atomic E-state index is -0.929. The summed E-state index contributed by atoms with van der Waals surface area (Å²) in [6.45, 7) is 3.04. The van der Waals surface area contributed by atoms with Crippen LogP contribution >= 0.6 is 0 Å². The molecule has 3 rings (SSSR count). The quantitative estimate of drug-likeness (QED) is 0.793. The first kappa shape index (κ1) is 16.9. The Balaban J connectivity index is 1.75. The van der Waals surface area contributed by atoms with Gasteiger partial charge in [-0.15, -0.1) is 0 Å². The van der Waals surface area contributed by atoms with Gasteiger partial charge in [0.15, 0.2) is 6.29 Å². The molecule has 4 heteroatoms. The molecule has 0 radical (unpaired) electrons. The number of pyridine rings is 1. The van der Waals surface area contributed by atoms with Crippen molar-refractivity contribution in [2.24, 2.45) is 0 Å². The van der Waals surface area contributed by atoms with E-state index in [0.29, 0.717) is 5.92 Å². The summed E-state index contributed by atoms with van der Waals surface area (Å²) in [7, 11) is 1.50. The number of rotatable bonds is 6. The third-order valence-corrected chi connectivity index (χ3v) is 4.94. The fourth-order valence-corrected chi connectivity index (χ4v) is 3.53. The van der Waals surface area contributed by atoms with Crippen molar-refractivity contribution in [3.05, 3.63) is 58.9 Å². The molecule has 1 unspecified atom stereocenters. The van der Waals surface area contributed by atoms with Crippen LogP contribution in [0.4, 0.5) is 5.69 Å². The standard InChI is InChI=1S/C20H26N2O2/c1-3-14-7-8-17-15(11-14)5-4-6-16(17)12-22-19-13-21-10-9-18(19)20(23)24-2/h7-11,13,16,20,22-23H,3-6,12H2,1-2H3/t16-,20?/m0/s1. The zero-order valence-corrected chi connectivity index (χ0v) is 14.5. The number of hydrogen-bond donors (Lipinski definition) is 2. The van der Waals surface area contributed by atoms with Crippen molar-refractivity contribution >= 4 is 5.69 Å². The summed E-state index contributed by atoms with van der Waals surface area (Å²) < 4.78 is 5.04. The molecule has 0 saturated heterocycles. The molecule has 2 aromatic rings. The lowest BCUT2D eigenvalue weighted by Gasteiger charge is -2.27. The van der Waals surface area contributed by atoms with Gasteiger partial charge in [-0.2, -0.15) is 0 Å². The highest BCUT2D eigenvalue weighted by atomic mass is 16.6. The van der Waals surface area contributed by atoms with Crippen LogP contribution in [0.1, 0.15) is 54.2 Å². The lowest BCUT2D eigenvalue weighted by Crippen LogP contribution is -2.19. The number of aliphatic hydroxyl groups excluding tert-OH is 1. The molecular formula is C20H26N2O2. The van der Waals surface area contributed by atoms with Crippen molar-refractivity contribution in [1.29, 1.82) is 0 Å². The second kappa shape index (κ2) is 7.77. The Hall–Kier alpha value is -1.91. The largest absolute Gasteiger partial charge is 0.383 e. The third kappa shape index (κ3) is 3.60. The second-order valence-electron chi connectivity index (χ2n) is 6.41. The highest BCUT2D eigenvalue weighted by Gasteiger charge is 2.21. The van der Waals surface area contributed by atoms with Crippen molar-refractivity contribution in [3.63, 3.8) is 0 Å². The lowest BCUT2D eigenvalue weighted by molar-refractivity contribution is -0.0764. The third-order valence-electron chi connectivity index (χ3n) is 4.94. The number of fused-ring (bicyclic) bond motifs is 1. The fraction of sp³-hybridized carbons (Fsp3) is 0.450. The second-order valence-corrected chi connectivity index (χ2v) is 6.41. The molecule has 0 saturated carbocycles. The SMILES string of the molecule is CCc1ccc2c(c1)CCC[C@H]2CNc1cnccc1C(O)OC. The molecule has 24 heavy (non-hydrogen) atoms. The van der Waals surface area contributed by atoms with Crippen LogP contribution in [0.25, 0.3) is 0 Å². The zero-order valence-electron chi connectivity index (χ0n) is 14.5. The van der Waals surface area contributed by atoms with E-state index in [1.165, 1.54) is 43.1 Å². The minimum Gasteiger partial charge on any atom is -0.383 e. The van der Waals surface area contributed by atoms with Gasteiger partial charge in [-0.3, -0.25) is 4.98 Å². The number of benzene rings is 1. The number of anilines is 1. The molecule has 0 bridgehead atoms. The molecule has 0 aliphatic heterocycles. The summed E-state index contributed by atoms with van der Waals surface area (Å²) in [4.78, 5) is 4.16. The van der Waals surface area contributed by atoms with Crippen LogP contribution in [-0.4, -0.2) is 23.7 Å². The van der Waals surface area contributed by atoms with Gasteiger partial charge in [0.25, 0.3) is 0 Å². The molecular weight excluding hydrogens is 300 g/mol. The van der Waals surface area contributed by atoms with Gasteiger partial charge in [-0.05, 0) is 48.4 Å². The van der Waals surface area contributed by atoms with E-state index in [2.05, 4.69) is 35.4 Å². The zero-order chi connectivity index (χ0) is 16.9. The van der Waals surface area contributed by atoms with E-state index in [-0.39, 0.29) is 0 Å². The Morgan fingerprint density at radius 3 is 3.04 bits per heavy atom. The monoisotopic (exact) mass is 326 g/mol. The minimum absolute atomic E-state index is 0.493. The summed E-state index contributed by atoms with van der Waals surface area (Å²) in [5.74, 6) is 0.493. The predicted octanol–water partition coefficient (Wildman–Crippen LogP) is 3.81. The Labute approximate surface area is 143 Å². The number of aromatic nitrogens is 1. The molecule has 0 amide bonds. The van der Waals surface area contributed by atoms with Crippen LogP contribution in [0.15, 0.2) is 36.7 Å². The number of hydrogen-bond acceptors (Lipinski definition) is 4. The molecule has 2 N–H and O–H groups in total. The molecule has 0 fully saturated rings. The molecule has 128 valence electrons. The average molecular weight is 326 g/mol. The van der Waals surface area contributed by atoms with E-state index < -0.39 is 6.29 Å². The Kier molecular flexibility index (Phi) is 5.48. The van der Waals surface area contributed by atoms with Gasteiger partial charge in [0, 0.05) is 31.3 Å². The Morgan fingerprint density at radius 1 is 1.38 bits per heavy atom. The Morgan fingerprint density at radius 2 is 2.25 bits per heavy atom. The van der Waals surface area contributed by atoms with Gasteiger partial charge in [-0.25, -0.2) is 0 Å². The van der Waals surface area contributed by atoms with E-state index in [9.17, 15) is 5.11 Å². The normalized spacial score (nSPS) is 18.0. The van der Waals surface area contributed by atoms with Crippen molar-refractivity contribution in [2.45, 2.75) is 44.8 Å². The molecule has 0 spiro atoms. The number of methoxy groups -OCH3 is 1. The van der Waals surface area contributed by atoms with E-state index in [1.807, 2.05) is 0 Å². The number of nitrogens with one attached hydrogen (secondary N) is 1. The summed E-state index contributed by atoms with van der Waals surface area (Å²) in [5, 5.41) is 13.4. The smallest absolute Gasteiger partial charge is 0.182 e. The molecule has 1 aromatic heterocycles. The van der Waals surface area contributed by atoms with Crippen LogP contribution in [0.5, 0.6) is 0 Å². The molecule has 1 aliphatic carbocycles. The van der Waals surface area contributed by atoms with E-state index in [1.54, 1.807) is 18.5 Å². The van der Waals surface area contributed by atoms with Gasteiger partial charge >= 0.3 is 0 Å². The highest BCUT2D eigenvalue weighted by molar-refractivity contribution is 5.50. The molecule has 2 atom stereocenters. The molecule has 1 aromatic carbocycles. The van der Waals surface area contributed by atoms with Gasteiger partial charge in [0.05, 0.1) is 11.9 Å². The van der Waals surface area contributed by atoms with E-state index in [4.69, 9.17) is 4.74 Å². The van der Waals surface area contributed by atoms with Crippen molar-refractivity contribution in [1.82, 2.24) is 4.98 Å². The molecule has 4 nitrogen and oxygen atoms in total. The maximum absolute atomic E-state index is 9.97. The summed E-state index contributed by atoms with van der Waals surface area (Å²) in [6, 6.07) is 8.71. The number of nitrogens with zero attached hydrogens (tertiary/aromatic N) is 1. The van der Waals surface area contributed by atoms with Crippen LogP contribution in [-0.2, 0) is 17.6 Å². The van der Waals surface area contributed by atoms with Crippen molar-refractivity contribution in [3.8, 4) is 0 Å². The summed E-state index contributed by atoms with van der Waals surface area (Å²) in [6.07, 6.45) is 7.18. The number of ether oxygens (including phenoxy) is 1. The van der Waals surface area contributed by atoms with Crippen molar-refractivity contribution < 1.29 is 9.84 Å². The topological polar surface area (TPSA) is 54.4 Å². The van der Waals surface area contributed by atoms with Gasteiger partial charge in [-0.1, -0.05) is 25.1 Å². The molecule has 1 aliphatic rings. The van der Waals surface area contributed by atoms with Crippen molar-refractivity contribution in [2.75, 3.05) is 19.0 Å². The summed E-state index contributed by atoms with van der Waals surface area (Å²) in [5.41, 5.74) is 5.94. The fourth-order valence-electron chi connectivity index (χ4n) is 3.53.